The van der Waals surface area contributed by atoms with Crippen LogP contribution in [-0.4, -0.2) is 16.9 Å². The summed E-state index contributed by atoms with van der Waals surface area (Å²) in [4.78, 5) is 0. The molecule has 4 nitrogen and oxygen atoms in total. The standard InChI is InChI=1S/C9H13NO3/c11-5-8-4-9(10-13-8)12-6-7-2-1-3-7/h4,7,11H,1-3,5-6H2. The molecule has 0 saturated heterocycles. The molecule has 0 unspecified atom stereocenters. The lowest BCUT2D eigenvalue weighted by molar-refractivity contribution is 0.167. The van der Waals surface area contributed by atoms with Gasteiger partial charge in [0.25, 0.3) is 5.88 Å². The molecule has 1 aromatic rings. The maximum Gasteiger partial charge on any atom is 0.254 e. The molecule has 1 saturated carbocycles. The Balaban J connectivity index is 1.79. The van der Waals surface area contributed by atoms with Crippen LogP contribution < -0.4 is 4.74 Å². The van der Waals surface area contributed by atoms with Crippen LogP contribution >= 0.6 is 0 Å². The molecule has 0 radical (unpaired) electrons. The first kappa shape index (κ1) is 8.56. The van der Waals surface area contributed by atoms with Crippen molar-refractivity contribution >= 4 is 0 Å². The Bertz CT molecular complexity index is 268. The van der Waals surface area contributed by atoms with Crippen molar-refractivity contribution in [3.8, 4) is 5.88 Å². The van der Waals surface area contributed by atoms with E-state index >= 15 is 0 Å². The minimum Gasteiger partial charge on any atom is -0.475 e. The van der Waals surface area contributed by atoms with Gasteiger partial charge in [0.05, 0.1) is 6.61 Å². The lowest BCUT2D eigenvalue weighted by Gasteiger charge is -2.24. The molecule has 1 aliphatic rings. The minimum absolute atomic E-state index is 0.125. The van der Waals surface area contributed by atoms with E-state index in [9.17, 15) is 0 Å². The SMILES string of the molecule is OCc1cc(OCC2CCC2)no1. The molecule has 1 heterocycles. The smallest absolute Gasteiger partial charge is 0.254 e. The van der Waals surface area contributed by atoms with E-state index < -0.39 is 0 Å². The van der Waals surface area contributed by atoms with Crippen molar-refractivity contribution in [1.82, 2.24) is 5.16 Å². The summed E-state index contributed by atoms with van der Waals surface area (Å²) in [6.07, 6.45) is 3.82. The van der Waals surface area contributed by atoms with Crippen LogP contribution in [0.2, 0.25) is 0 Å². The van der Waals surface area contributed by atoms with Gasteiger partial charge >= 0.3 is 0 Å². The van der Waals surface area contributed by atoms with E-state index in [0.29, 0.717) is 17.6 Å². The van der Waals surface area contributed by atoms with E-state index in [-0.39, 0.29) is 6.61 Å². The van der Waals surface area contributed by atoms with Gasteiger partial charge in [0.1, 0.15) is 6.61 Å². The van der Waals surface area contributed by atoms with Crippen molar-refractivity contribution in [1.29, 1.82) is 0 Å². The zero-order valence-electron chi connectivity index (χ0n) is 7.40. The summed E-state index contributed by atoms with van der Waals surface area (Å²) in [5, 5.41) is 12.4. The second-order valence-electron chi connectivity index (χ2n) is 3.40. The highest BCUT2D eigenvalue weighted by Gasteiger charge is 2.18. The van der Waals surface area contributed by atoms with Crippen LogP contribution in [0.25, 0.3) is 0 Å². The first-order chi connectivity index (χ1) is 6.38. The fourth-order valence-corrected chi connectivity index (χ4v) is 1.30. The van der Waals surface area contributed by atoms with E-state index in [2.05, 4.69) is 5.16 Å². The third kappa shape index (κ3) is 2.01. The number of ether oxygens (including phenoxy) is 1. The van der Waals surface area contributed by atoms with E-state index in [1.807, 2.05) is 0 Å². The predicted molar refractivity (Wildman–Crippen MR) is 45.3 cm³/mol. The van der Waals surface area contributed by atoms with Gasteiger partial charge in [0.15, 0.2) is 5.76 Å². The number of aliphatic hydroxyl groups is 1. The molecule has 4 heteroatoms. The Morgan fingerprint density at radius 2 is 2.46 bits per heavy atom. The predicted octanol–water partition coefficient (Wildman–Crippen LogP) is 1.35. The molecule has 0 spiro atoms. The number of nitrogens with zero attached hydrogens (tertiary/aromatic N) is 1. The fourth-order valence-electron chi connectivity index (χ4n) is 1.30. The Morgan fingerprint density at radius 3 is 3.00 bits per heavy atom. The minimum atomic E-state index is -0.125. The van der Waals surface area contributed by atoms with E-state index in [1.54, 1.807) is 6.07 Å². The van der Waals surface area contributed by atoms with E-state index in [1.165, 1.54) is 19.3 Å². The summed E-state index contributed by atoms with van der Waals surface area (Å²) in [6, 6.07) is 1.62. The number of aromatic nitrogens is 1. The number of hydrogen-bond donors (Lipinski definition) is 1. The van der Waals surface area contributed by atoms with E-state index in [0.717, 1.165) is 6.61 Å². The largest absolute Gasteiger partial charge is 0.475 e. The molecule has 0 atom stereocenters. The highest BCUT2D eigenvalue weighted by molar-refractivity contribution is 5.10. The van der Waals surface area contributed by atoms with Gasteiger partial charge in [-0.3, -0.25) is 0 Å². The maximum atomic E-state index is 8.70. The molecule has 0 aromatic carbocycles. The van der Waals surface area contributed by atoms with Gasteiger partial charge in [-0.2, -0.15) is 0 Å². The molecule has 1 aliphatic carbocycles. The molecule has 1 N–H and O–H groups in total. The summed E-state index contributed by atoms with van der Waals surface area (Å²) in [7, 11) is 0. The van der Waals surface area contributed by atoms with Crippen LogP contribution in [0.1, 0.15) is 25.0 Å². The Hall–Kier alpha value is -1.03. The van der Waals surface area contributed by atoms with Gasteiger partial charge in [0, 0.05) is 6.07 Å². The number of rotatable bonds is 4. The molecule has 13 heavy (non-hydrogen) atoms. The van der Waals surface area contributed by atoms with Crippen molar-refractivity contribution in [2.45, 2.75) is 25.9 Å². The molecule has 0 aliphatic heterocycles. The molecule has 2 rings (SSSR count). The van der Waals surface area contributed by atoms with Gasteiger partial charge in [-0.05, 0) is 23.9 Å². The summed E-state index contributed by atoms with van der Waals surface area (Å²) < 4.78 is 10.1. The highest BCUT2D eigenvalue weighted by Crippen LogP contribution is 2.26. The first-order valence-electron chi connectivity index (χ1n) is 4.57. The second-order valence-corrected chi connectivity index (χ2v) is 3.40. The fraction of sp³-hybridized carbons (Fsp3) is 0.667. The summed E-state index contributed by atoms with van der Waals surface area (Å²) in [5.74, 6) is 1.62. The topological polar surface area (TPSA) is 55.5 Å². The van der Waals surface area contributed by atoms with Crippen molar-refractivity contribution in [2.75, 3.05) is 6.61 Å². The number of hydrogen-bond acceptors (Lipinski definition) is 4. The van der Waals surface area contributed by atoms with Gasteiger partial charge in [-0.1, -0.05) is 6.42 Å². The van der Waals surface area contributed by atoms with Crippen LogP contribution in [0.15, 0.2) is 10.6 Å². The molecular formula is C9H13NO3. The van der Waals surface area contributed by atoms with Gasteiger partial charge in [-0.15, -0.1) is 0 Å². The van der Waals surface area contributed by atoms with Gasteiger partial charge in [0.2, 0.25) is 0 Å². The average molecular weight is 183 g/mol. The molecule has 72 valence electrons. The molecule has 0 amide bonds. The lowest BCUT2D eigenvalue weighted by atomic mass is 9.86. The zero-order chi connectivity index (χ0) is 9.10. The monoisotopic (exact) mass is 183 g/mol. The molecular weight excluding hydrogens is 170 g/mol. The molecule has 0 bridgehead atoms. The van der Waals surface area contributed by atoms with Crippen LogP contribution in [0.4, 0.5) is 0 Å². The third-order valence-electron chi connectivity index (χ3n) is 2.38. The van der Waals surface area contributed by atoms with Gasteiger partial charge in [-0.25, -0.2) is 0 Å². The van der Waals surface area contributed by atoms with Crippen LogP contribution in [0.5, 0.6) is 5.88 Å². The van der Waals surface area contributed by atoms with Crippen LogP contribution in [0, 0.1) is 5.92 Å². The van der Waals surface area contributed by atoms with Crippen molar-refractivity contribution < 1.29 is 14.4 Å². The van der Waals surface area contributed by atoms with Gasteiger partial charge < -0.3 is 14.4 Å². The summed E-state index contributed by atoms with van der Waals surface area (Å²) in [5.41, 5.74) is 0. The number of aliphatic hydroxyl groups excluding tert-OH is 1. The molecule has 1 aromatic heterocycles. The maximum absolute atomic E-state index is 8.70. The van der Waals surface area contributed by atoms with Crippen molar-refractivity contribution in [3.63, 3.8) is 0 Å². The van der Waals surface area contributed by atoms with Crippen LogP contribution in [0.3, 0.4) is 0 Å². The summed E-state index contributed by atoms with van der Waals surface area (Å²) >= 11 is 0. The first-order valence-corrected chi connectivity index (χ1v) is 4.57. The Labute approximate surface area is 76.5 Å². The highest BCUT2D eigenvalue weighted by atomic mass is 16.5. The summed E-state index contributed by atoms with van der Waals surface area (Å²) in [6.45, 7) is 0.594. The quantitative estimate of drug-likeness (QED) is 0.765. The molecule has 1 fully saturated rings. The normalized spacial score (nSPS) is 17.0. The lowest BCUT2D eigenvalue weighted by Crippen LogP contribution is -2.19. The Kier molecular flexibility index (Phi) is 2.49. The Morgan fingerprint density at radius 1 is 1.62 bits per heavy atom. The second kappa shape index (κ2) is 3.79. The van der Waals surface area contributed by atoms with Crippen LogP contribution in [-0.2, 0) is 6.61 Å². The van der Waals surface area contributed by atoms with Crippen molar-refractivity contribution in [3.05, 3.63) is 11.8 Å². The van der Waals surface area contributed by atoms with E-state index in [4.69, 9.17) is 14.4 Å². The van der Waals surface area contributed by atoms with Crippen molar-refractivity contribution in [2.24, 2.45) is 5.92 Å². The third-order valence-corrected chi connectivity index (χ3v) is 2.38. The zero-order valence-corrected chi connectivity index (χ0v) is 7.40. The average Bonchev–Trinajstić information content (AvgIpc) is 2.49.